The van der Waals surface area contributed by atoms with Crippen LogP contribution in [0.3, 0.4) is 0 Å². The molecule has 1 atom stereocenters. The summed E-state index contributed by atoms with van der Waals surface area (Å²) in [5.41, 5.74) is 4.75. The molecule has 0 aromatic heterocycles. The Labute approximate surface area is 149 Å². The molecule has 0 saturated carbocycles. The predicted octanol–water partition coefficient (Wildman–Crippen LogP) is 7.84. The van der Waals surface area contributed by atoms with Crippen LogP contribution in [0.1, 0.15) is 79.6 Å². The molecule has 0 bridgehead atoms. The van der Waals surface area contributed by atoms with Gasteiger partial charge in [-0.1, -0.05) is 62.1 Å². The van der Waals surface area contributed by atoms with E-state index in [9.17, 15) is 0 Å². The van der Waals surface area contributed by atoms with Crippen LogP contribution in [-0.4, -0.2) is 5.75 Å². The van der Waals surface area contributed by atoms with E-state index in [0.717, 1.165) is 6.42 Å². The van der Waals surface area contributed by atoms with Gasteiger partial charge in [0.15, 0.2) is 0 Å². The molecule has 0 N–H and O–H groups in total. The smallest absolute Gasteiger partial charge is 0.00630 e. The minimum Gasteiger partial charge on any atom is -0.133 e. The van der Waals surface area contributed by atoms with Crippen LogP contribution in [0, 0.1) is 5.41 Å². The average Bonchev–Trinajstić information content (AvgIpc) is 2.46. The first-order chi connectivity index (χ1) is 10.9. The molecule has 130 valence electrons. The van der Waals surface area contributed by atoms with Crippen molar-refractivity contribution in [2.75, 3.05) is 5.75 Å². The number of hydrogen-bond donors (Lipinski definition) is 0. The van der Waals surface area contributed by atoms with Gasteiger partial charge in [-0.3, -0.25) is 0 Å². The Morgan fingerprint density at radius 3 is 2.78 bits per heavy atom. The third kappa shape index (κ3) is 9.25. The first kappa shape index (κ1) is 20.4. The lowest BCUT2D eigenvalue weighted by Gasteiger charge is -2.25. The van der Waals surface area contributed by atoms with Crippen LogP contribution in [0.15, 0.2) is 46.4 Å². The normalized spacial score (nSPS) is 28.2. The molecule has 0 radical (unpaired) electrons. The van der Waals surface area contributed by atoms with Crippen molar-refractivity contribution in [2.45, 2.75) is 79.6 Å². The fourth-order valence-electron chi connectivity index (χ4n) is 2.88. The third-order valence-electron chi connectivity index (χ3n) is 4.38. The van der Waals surface area contributed by atoms with Gasteiger partial charge < -0.3 is 0 Å². The summed E-state index contributed by atoms with van der Waals surface area (Å²) in [5.74, 6) is 1.18. The molecular weight excluding hydrogens is 296 g/mol. The van der Waals surface area contributed by atoms with Gasteiger partial charge in [-0.2, -0.15) is 0 Å². The molecular formula is C22H36S. The molecule has 0 fully saturated rings. The zero-order valence-electron chi connectivity index (χ0n) is 16.0. The zero-order valence-corrected chi connectivity index (χ0v) is 16.8. The highest BCUT2D eigenvalue weighted by Gasteiger charge is 2.20. The number of hydrogen-bond acceptors (Lipinski definition) is 1. The summed E-state index contributed by atoms with van der Waals surface area (Å²) in [5, 5.41) is 2.43. The molecule has 0 amide bonds. The van der Waals surface area contributed by atoms with Gasteiger partial charge in [0.25, 0.3) is 0 Å². The molecule has 0 aromatic carbocycles. The second-order valence-corrected chi connectivity index (χ2v) is 8.39. The number of unbranched alkanes of at least 4 members (excludes halogenated alkanes) is 2. The molecule has 1 unspecified atom stereocenters. The van der Waals surface area contributed by atoms with Crippen molar-refractivity contribution in [1.82, 2.24) is 0 Å². The SMILES string of the molecule is CCCCCC1=C/SCC(C)(CCC=C(C)C)/C=C\C/C(C)=C\1. The van der Waals surface area contributed by atoms with E-state index in [0.29, 0.717) is 5.41 Å². The minimum absolute atomic E-state index is 0.305. The number of allylic oxidation sites excluding steroid dienone is 7. The van der Waals surface area contributed by atoms with Gasteiger partial charge in [0, 0.05) is 5.75 Å². The van der Waals surface area contributed by atoms with E-state index in [2.05, 4.69) is 64.3 Å². The van der Waals surface area contributed by atoms with Gasteiger partial charge in [-0.15, -0.1) is 11.8 Å². The van der Waals surface area contributed by atoms with Crippen molar-refractivity contribution in [3.63, 3.8) is 0 Å². The maximum atomic E-state index is 2.46. The summed E-state index contributed by atoms with van der Waals surface area (Å²) in [4.78, 5) is 0. The first-order valence-electron chi connectivity index (χ1n) is 9.24. The molecule has 0 aromatic rings. The van der Waals surface area contributed by atoms with Crippen LogP contribution in [0.5, 0.6) is 0 Å². The van der Waals surface area contributed by atoms with Crippen LogP contribution < -0.4 is 0 Å². The molecule has 1 rings (SSSR count). The fraction of sp³-hybridized carbons (Fsp3) is 0.636. The molecule has 0 nitrogen and oxygen atoms in total. The number of thioether (sulfide) groups is 1. The highest BCUT2D eigenvalue weighted by atomic mass is 32.2. The Morgan fingerprint density at radius 1 is 1.30 bits per heavy atom. The Balaban J connectivity index is 2.74. The summed E-state index contributed by atoms with van der Waals surface area (Å²) in [6, 6.07) is 0. The lowest BCUT2D eigenvalue weighted by molar-refractivity contribution is 0.451. The average molecular weight is 333 g/mol. The summed E-state index contributed by atoms with van der Waals surface area (Å²) in [6.45, 7) is 11.4. The maximum absolute atomic E-state index is 2.46. The standard InChI is InChI=1S/C22H36S/c1-6-7-8-13-21-16-20(4)12-10-15-22(5,18-23-17-21)14-9-11-19(2)3/h10-11,15-17H,6-9,12-14,18H2,1-5H3/b15-10-,20-16-,21-17-. The number of rotatable bonds is 7. The quantitative estimate of drug-likeness (QED) is 0.338. The highest BCUT2D eigenvalue weighted by molar-refractivity contribution is 8.02. The third-order valence-corrected chi connectivity index (χ3v) is 5.67. The van der Waals surface area contributed by atoms with Crippen molar-refractivity contribution in [3.05, 3.63) is 46.4 Å². The summed E-state index contributed by atoms with van der Waals surface area (Å²) < 4.78 is 0. The van der Waals surface area contributed by atoms with Gasteiger partial charge in [-0.25, -0.2) is 0 Å². The Kier molecular flexibility index (Phi) is 9.71. The lowest BCUT2D eigenvalue weighted by atomic mass is 9.86. The molecule has 1 heterocycles. The van der Waals surface area contributed by atoms with Crippen molar-refractivity contribution >= 4 is 11.8 Å². The summed E-state index contributed by atoms with van der Waals surface area (Å²) in [7, 11) is 0. The van der Waals surface area contributed by atoms with Crippen molar-refractivity contribution in [2.24, 2.45) is 5.41 Å². The highest BCUT2D eigenvalue weighted by Crippen LogP contribution is 2.33. The molecule has 23 heavy (non-hydrogen) atoms. The molecule has 1 heteroatoms. The van der Waals surface area contributed by atoms with Crippen molar-refractivity contribution in [1.29, 1.82) is 0 Å². The second-order valence-electron chi connectivity index (χ2n) is 7.53. The van der Waals surface area contributed by atoms with Gasteiger partial charge >= 0.3 is 0 Å². The second kappa shape index (κ2) is 11.0. The van der Waals surface area contributed by atoms with Gasteiger partial charge in [0.1, 0.15) is 0 Å². The zero-order chi connectivity index (χ0) is 17.1. The monoisotopic (exact) mass is 332 g/mol. The minimum atomic E-state index is 0.305. The Bertz CT molecular complexity index is 460. The summed E-state index contributed by atoms with van der Waals surface area (Å²) >= 11 is 2.01. The maximum Gasteiger partial charge on any atom is 0.00630 e. The molecule has 1 aliphatic rings. The van der Waals surface area contributed by atoms with E-state index < -0.39 is 0 Å². The van der Waals surface area contributed by atoms with E-state index in [1.54, 1.807) is 0 Å². The topological polar surface area (TPSA) is 0 Å². The van der Waals surface area contributed by atoms with Crippen molar-refractivity contribution in [3.8, 4) is 0 Å². The van der Waals surface area contributed by atoms with Crippen LogP contribution in [0.4, 0.5) is 0 Å². The molecule has 0 saturated heterocycles. The van der Waals surface area contributed by atoms with Crippen LogP contribution in [0.25, 0.3) is 0 Å². The fourth-order valence-corrected chi connectivity index (χ4v) is 3.99. The van der Waals surface area contributed by atoms with Gasteiger partial charge in [0.05, 0.1) is 0 Å². The molecule has 0 aliphatic carbocycles. The lowest BCUT2D eigenvalue weighted by Crippen LogP contribution is -2.16. The van der Waals surface area contributed by atoms with Crippen LogP contribution >= 0.6 is 11.8 Å². The van der Waals surface area contributed by atoms with E-state index in [1.165, 1.54) is 61.0 Å². The van der Waals surface area contributed by atoms with E-state index in [4.69, 9.17) is 0 Å². The molecule has 1 aliphatic heterocycles. The van der Waals surface area contributed by atoms with E-state index in [-0.39, 0.29) is 0 Å². The van der Waals surface area contributed by atoms with E-state index >= 15 is 0 Å². The molecule has 0 spiro atoms. The van der Waals surface area contributed by atoms with Gasteiger partial charge in [0.2, 0.25) is 0 Å². The van der Waals surface area contributed by atoms with Crippen LogP contribution in [-0.2, 0) is 0 Å². The summed E-state index contributed by atoms with van der Waals surface area (Å²) in [6.07, 6.45) is 18.4. The van der Waals surface area contributed by atoms with Crippen molar-refractivity contribution < 1.29 is 0 Å². The largest absolute Gasteiger partial charge is 0.133 e. The Morgan fingerprint density at radius 2 is 2.09 bits per heavy atom. The van der Waals surface area contributed by atoms with Crippen LogP contribution in [0.2, 0.25) is 0 Å². The Hall–Kier alpha value is -0.690. The van der Waals surface area contributed by atoms with E-state index in [1.807, 2.05) is 11.8 Å². The first-order valence-corrected chi connectivity index (χ1v) is 10.3. The van der Waals surface area contributed by atoms with Gasteiger partial charge in [-0.05, 0) is 69.3 Å². The predicted molar refractivity (Wildman–Crippen MR) is 109 cm³/mol.